The summed E-state index contributed by atoms with van der Waals surface area (Å²) >= 11 is 0. The van der Waals surface area contributed by atoms with Crippen LogP contribution in [0.15, 0.2) is 18.2 Å². The molecule has 17 heavy (non-hydrogen) atoms. The Morgan fingerprint density at radius 1 is 1.18 bits per heavy atom. The molecule has 94 valence electrons. The van der Waals surface area contributed by atoms with Gasteiger partial charge in [-0.3, -0.25) is 4.79 Å². The van der Waals surface area contributed by atoms with Gasteiger partial charge in [-0.25, -0.2) is 0 Å². The van der Waals surface area contributed by atoms with E-state index in [-0.39, 0.29) is 11.9 Å². The van der Waals surface area contributed by atoms with Gasteiger partial charge in [0.25, 0.3) is 0 Å². The second-order valence-corrected chi connectivity index (χ2v) is 5.56. The maximum absolute atomic E-state index is 12.0. The van der Waals surface area contributed by atoms with Crippen LogP contribution in [0.4, 0.5) is 0 Å². The third-order valence-electron chi connectivity index (χ3n) is 2.74. The van der Waals surface area contributed by atoms with E-state index in [0.29, 0.717) is 0 Å². The number of aryl methyl sites for hydroxylation is 2. The van der Waals surface area contributed by atoms with Crippen LogP contribution in [-0.4, -0.2) is 11.6 Å². The van der Waals surface area contributed by atoms with Gasteiger partial charge in [-0.1, -0.05) is 18.2 Å². The minimum absolute atomic E-state index is 0.157. The molecule has 0 saturated heterocycles. The molecule has 1 aromatic carbocycles. The van der Waals surface area contributed by atoms with Crippen molar-refractivity contribution in [1.82, 2.24) is 0 Å². The van der Waals surface area contributed by atoms with Crippen molar-refractivity contribution in [3.8, 4) is 0 Å². The standard InChI is InChI=1S/C15H22O2/c1-10-8-7-9-11(2)13(10)12(3)14(16)17-15(4,5)6/h7-9,12H,1-6H3. The van der Waals surface area contributed by atoms with Gasteiger partial charge in [0.1, 0.15) is 5.60 Å². The summed E-state index contributed by atoms with van der Waals surface area (Å²) in [5.74, 6) is -0.370. The summed E-state index contributed by atoms with van der Waals surface area (Å²) in [6, 6.07) is 6.07. The van der Waals surface area contributed by atoms with Crippen molar-refractivity contribution < 1.29 is 9.53 Å². The lowest BCUT2D eigenvalue weighted by molar-refractivity contribution is -0.156. The number of hydrogen-bond acceptors (Lipinski definition) is 2. The van der Waals surface area contributed by atoms with E-state index < -0.39 is 5.60 Å². The number of benzene rings is 1. The van der Waals surface area contributed by atoms with Gasteiger partial charge in [-0.15, -0.1) is 0 Å². The molecular weight excluding hydrogens is 212 g/mol. The molecule has 1 aromatic rings. The van der Waals surface area contributed by atoms with Gasteiger partial charge in [-0.2, -0.15) is 0 Å². The normalized spacial score (nSPS) is 13.3. The molecule has 1 unspecified atom stereocenters. The zero-order valence-electron chi connectivity index (χ0n) is 11.6. The highest BCUT2D eigenvalue weighted by Gasteiger charge is 2.24. The van der Waals surface area contributed by atoms with Gasteiger partial charge in [0.15, 0.2) is 0 Å². The fourth-order valence-corrected chi connectivity index (χ4v) is 2.02. The van der Waals surface area contributed by atoms with Crippen LogP contribution in [0, 0.1) is 13.8 Å². The topological polar surface area (TPSA) is 26.3 Å². The van der Waals surface area contributed by atoms with E-state index in [1.54, 1.807) is 0 Å². The van der Waals surface area contributed by atoms with Gasteiger partial charge in [0.05, 0.1) is 5.92 Å². The van der Waals surface area contributed by atoms with Crippen LogP contribution in [0.3, 0.4) is 0 Å². The predicted octanol–water partition coefficient (Wildman–Crippen LogP) is 3.75. The molecule has 1 rings (SSSR count). The van der Waals surface area contributed by atoms with E-state index in [0.717, 1.165) is 16.7 Å². The number of rotatable bonds is 2. The highest BCUT2D eigenvalue weighted by molar-refractivity contribution is 5.79. The van der Waals surface area contributed by atoms with Crippen molar-refractivity contribution in [1.29, 1.82) is 0 Å². The lowest BCUT2D eigenvalue weighted by Gasteiger charge is -2.24. The Bertz CT molecular complexity index is 393. The number of carbonyl (C=O) groups excluding carboxylic acids is 1. The summed E-state index contributed by atoms with van der Waals surface area (Å²) in [7, 11) is 0. The molecule has 0 N–H and O–H groups in total. The molecule has 0 aliphatic carbocycles. The summed E-state index contributed by atoms with van der Waals surface area (Å²) in [5, 5.41) is 0. The summed E-state index contributed by atoms with van der Waals surface area (Å²) in [5.41, 5.74) is 2.94. The summed E-state index contributed by atoms with van der Waals surface area (Å²) in [4.78, 5) is 12.0. The zero-order chi connectivity index (χ0) is 13.2. The molecule has 0 fully saturated rings. The molecule has 0 radical (unpaired) electrons. The maximum Gasteiger partial charge on any atom is 0.313 e. The van der Waals surface area contributed by atoms with E-state index in [9.17, 15) is 4.79 Å². The lowest BCUT2D eigenvalue weighted by atomic mass is 9.92. The van der Waals surface area contributed by atoms with Crippen LogP contribution < -0.4 is 0 Å². The van der Waals surface area contributed by atoms with Gasteiger partial charge >= 0.3 is 5.97 Å². The fourth-order valence-electron chi connectivity index (χ4n) is 2.02. The lowest BCUT2D eigenvalue weighted by Crippen LogP contribution is -2.27. The monoisotopic (exact) mass is 234 g/mol. The molecule has 2 nitrogen and oxygen atoms in total. The van der Waals surface area contributed by atoms with E-state index in [4.69, 9.17) is 4.74 Å². The molecule has 2 heteroatoms. The van der Waals surface area contributed by atoms with E-state index in [2.05, 4.69) is 0 Å². The molecule has 0 heterocycles. The Labute approximate surface area is 104 Å². The molecule has 0 aromatic heterocycles. The van der Waals surface area contributed by atoms with Crippen molar-refractivity contribution >= 4 is 5.97 Å². The molecule has 0 amide bonds. The van der Waals surface area contributed by atoms with Gasteiger partial charge in [0.2, 0.25) is 0 Å². The molecule has 0 aliphatic rings. The first-order chi connectivity index (χ1) is 7.72. The average Bonchev–Trinajstić information content (AvgIpc) is 2.14. The second-order valence-electron chi connectivity index (χ2n) is 5.56. The fraction of sp³-hybridized carbons (Fsp3) is 0.533. The minimum atomic E-state index is -0.429. The van der Waals surface area contributed by atoms with E-state index >= 15 is 0 Å². The first kappa shape index (κ1) is 13.8. The molecule has 0 saturated carbocycles. The Hall–Kier alpha value is -1.31. The van der Waals surface area contributed by atoms with Crippen molar-refractivity contribution in [2.75, 3.05) is 0 Å². The van der Waals surface area contributed by atoms with Crippen LogP contribution in [0.1, 0.15) is 50.3 Å². The van der Waals surface area contributed by atoms with Gasteiger partial charge < -0.3 is 4.74 Å². The Kier molecular flexibility index (Phi) is 3.97. The van der Waals surface area contributed by atoms with Crippen molar-refractivity contribution in [2.45, 2.75) is 53.1 Å². The molecule has 0 aliphatic heterocycles. The van der Waals surface area contributed by atoms with Crippen LogP contribution >= 0.6 is 0 Å². The number of esters is 1. The highest BCUT2D eigenvalue weighted by Crippen LogP contribution is 2.26. The molecular formula is C15H22O2. The van der Waals surface area contributed by atoms with E-state index in [1.165, 1.54) is 0 Å². The minimum Gasteiger partial charge on any atom is -0.460 e. The van der Waals surface area contributed by atoms with Crippen LogP contribution in [0.25, 0.3) is 0 Å². The summed E-state index contributed by atoms with van der Waals surface area (Å²) in [6.45, 7) is 11.6. The SMILES string of the molecule is Cc1cccc(C)c1C(C)C(=O)OC(C)(C)C. The number of carbonyl (C=O) groups is 1. The molecule has 0 bridgehead atoms. The Morgan fingerprint density at radius 3 is 2.06 bits per heavy atom. The first-order valence-corrected chi connectivity index (χ1v) is 6.01. The largest absolute Gasteiger partial charge is 0.460 e. The average molecular weight is 234 g/mol. The quantitative estimate of drug-likeness (QED) is 0.728. The first-order valence-electron chi connectivity index (χ1n) is 6.01. The number of hydrogen-bond donors (Lipinski definition) is 0. The Balaban J connectivity index is 2.97. The van der Waals surface area contributed by atoms with Crippen molar-refractivity contribution in [3.05, 3.63) is 34.9 Å². The second kappa shape index (κ2) is 4.91. The smallest absolute Gasteiger partial charge is 0.313 e. The maximum atomic E-state index is 12.0. The van der Waals surface area contributed by atoms with Crippen molar-refractivity contribution in [3.63, 3.8) is 0 Å². The third-order valence-corrected chi connectivity index (χ3v) is 2.74. The van der Waals surface area contributed by atoms with Gasteiger partial charge in [-0.05, 0) is 58.2 Å². The van der Waals surface area contributed by atoms with Crippen LogP contribution in [0.5, 0.6) is 0 Å². The summed E-state index contributed by atoms with van der Waals surface area (Å²) < 4.78 is 5.42. The predicted molar refractivity (Wildman–Crippen MR) is 70.2 cm³/mol. The van der Waals surface area contributed by atoms with Crippen molar-refractivity contribution in [2.24, 2.45) is 0 Å². The van der Waals surface area contributed by atoms with Crippen LogP contribution in [-0.2, 0) is 9.53 Å². The zero-order valence-corrected chi connectivity index (χ0v) is 11.6. The third kappa shape index (κ3) is 3.58. The Morgan fingerprint density at radius 2 is 1.65 bits per heavy atom. The molecule has 1 atom stereocenters. The molecule has 0 spiro atoms. The number of ether oxygens (including phenoxy) is 1. The van der Waals surface area contributed by atoms with E-state index in [1.807, 2.05) is 59.7 Å². The highest BCUT2D eigenvalue weighted by atomic mass is 16.6. The summed E-state index contributed by atoms with van der Waals surface area (Å²) in [6.07, 6.45) is 0. The van der Waals surface area contributed by atoms with Crippen LogP contribution in [0.2, 0.25) is 0 Å². The van der Waals surface area contributed by atoms with Gasteiger partial charge in [0, 0.05) is 0 Å².